The predicted molar refractivity (Wildman–Crippen MR) is 71.2 cm³/mol. The number of nitrogens with zero attached hydrogens (tertiary/aromatic N) is 1. The zero-order chi connectivity index (χ0) is 12.3. The normalized spacial score (nSPS) is 16.3. The lowest BCUT2D eigenvalue weighted by Gasteiger charge is -2.18. The molecule has 0 spiro atoms. The largest absolute Gasteiger partial charge is 0.382 e. The number of rotatable bonds is 5. The van der Waals surface area contributed by atoms with E-state index in [0.717, 1.165) is 18.0 Å². The summed E-state index contributed by atoms with van der Waals surface area (Å²) in [5.74, 6) is 0.918. The van der Waals surface area contributed by atoms with Crippen molar-refractivity contribution in [2.75, 3.05) is 5.32 Å². The topological polar surface area (TPSA) is 35.8 Å². The zero-order valence-electron chi connectivity index (χ0n) is 10.0. The molecule has 1 N–H and O–H groups in total. The number of nitrogens with one attached hydrogen (secondary N) is 1. The van der Waals surface area contributed by atoms with E-state index >= 15 is 0 Å². The van der Waals surface area contributed by atoms with E-state index in [1.807, 2.05) is 12.1 Å². The fraction of sp³-hybridized carbons (Fsp3) is 0.500. The van der Waals surface area contributed by atoms with Crippen LogP contribution in [-0.4, -0.2) is 6.04 Å². The van der Waals surface area contributed by atoms with Crippen LogP contribution in [0.3, 0.4) is 0 Å². The van der Waals surface area contributed by atoms with Gasteiger partial charge in [0.25, 0.3) is 0 Å². The second-order valence-electron chi connectivity index (χ2n) is 4.74. The molecule has 1 unspecified atom stereocenters. The molecule has 0 saturated heterocycles. The average molecular weight is 249 g/mol. The summed E-state index contributed by atoms with van der Waals surface area (Å²) < 4.78 is 0. The van der Waals surface area contributed by atoms with Gasteiger partial charge in [-0.05, 0) is 37.0 Å². The Morgan fingerprint density at radius 1 is 1.53 bits per heavy atom. The molecule has 0 heterocycles. The third-order valence-electron chi connectivity index (χ3n) is 3.27. The number of hydrogen-bond donors (Lipinski definition) is 1. The molecular formula is C14H17ClN2. The van der Waals surface area contributed by atoms with Crippen LogP contribution in [0.2, 0.25) is 5.02 Å². The van der Waals surface area contributed by atoms with Crippen molar-refractivity contribution in [1.29, 1.82) is 5.26 Å². The summed E-state index contributed by atoms with van der Waals surface area (Å²) in [7, 11) is 0. The van der Waals surface area contributed by atoms with E-state index in [-0.39, 0.29) is 0 Å². The Bertz CT molecular complexity index is 432. The predicted octanol–water partition coefficient (Wildman–Crippen LogP) is 4.20. The first-order chi connectivity index (χ1) is 8.22. The SMILES string of the molecule is CCC(CC1CC1)Nc1ccc(C#N)c(Cl)c1. The quantitative estimate of drug-likeness (QED) is 0.848. The second kappa shape index (κ2) is 5.42. The molecule has 3 heteroatoms. The van der Waals surface area contributed by atoms with Gasteiger partial charge in [0, 0.05) is 11.7 Å². The molecule has 2 nitrogen and oxygen atoms in total. The molecule has 90 valence electrons. The smallest absolute Gasteiger partial charge is 0.101 e. The van der Waals surface area contributed by atoms with Crippen molar-refractivity contribution in [1.82, 2.24) is 0 Å². The van der Waals surface area contributed by atoms with Gasteiger partial charge in [-0.2, -0.15) is 5.26 Å². The van der Waals surface area contributed by atoms with Gasteiger partial charge >= 0.3 is 0 Å². The summed E-state index contributed by atoms with van der Waals surface area (Å²) in [5, 5.41) is 12.8. The second-order valence-corrected chi connectivity index (χ2v) is 5.14. The average Bonchev–Trinajstić information content (AvgIpc) is 3.12. The van der Waals surface area contributed by atoms with E-state index in [0.29, 0.717) is 16.6 Å². The van der Waals surface area contributed by atoms with Crippen molar-refractivity contribution >= 4 is 17.3 Å². The van der Waals surface area contributed by atoms with E-state index in [1.54, 1.807) is 6.07 Å². The Hall–Kier alpha value is -1.20. The maximum atomic E-state index is 8.81. The summed E-state index contributed by atoms with van der Waals surface area (Å²) in [6, 6.07) is 8.14. The molecule has 0 aliphatic heterocycles. The van der Waals surface area contributed by atoms with E-state index in [2.05, 4.69) is 18.3 Å². The molecule has 1 aliphatic carbocycles. The fourth-order valence-electron chi connectivity index (χ4n) is 2.01. The van der Waals surface area contributed by atoms with E-state index < -0.39 is 0 Å². The number of nitriles is 1. The fourth-order valence-corrected chi connectivity index (χ4v) is 2.24. The van der Waals surface area contributed by atoms with Crippen molar-refractivity contribution in [3.63, 3.8) is 0 Å². The summed E-state index contributed by atoms with van der Waals surface area (Å²) in [5.41, 5.74) is 1.55. The highest BCUT2D eigenvalue weighted by Gasteiger charge is 2.24. The molecule has 1 aliphatic rings. The monoisotopic (exact) mass is 248 g/mol. The van der Waals surface area contributed by atoms with Crippen LogP contribution in [0.25, 0.3) is 0 Å². The minimum absolute atomic E-state index is 0.520. The van der Waals surface area contributed by atoms with Crippen LogP contribution in [0.15, 0.2) is 18.2 Å². The summed E-state index contributed by atoms with van der Waals surface area (Å²) in [6.07, 6.45) is 5.13. The summed E-state index contributed by atoms with van der Waals surface area (Å²) in [4.78, 5) is 0. The van der Waals surface area contributed by atoms with Gasteiger partial charge in [-0.25, -0.2) is 0 Å². The van der Waals surface area contributed by atoms with Gasteiger partial charge in [-0.15, -0.1) is 0 Å². The third kappa shape index (κ3) is 3.38. The van der Waals surface area contributed by atoms with Gasteiger partial charge in [0.05, 0.1) is 10.6 Å². The summed E-state index contributed by atoms with van der Waals surface area (Å²) >= 11 is 6.01. The highest BCUT2D eigenvalue weighted by atomic mass is 35.5. The molecule has 17 heavy (non-hydrogen) atoms. The van der Waals surface area contributed by atoms with Gasteiger partial charge < -0.3 is 5.32 Å². The summed E-state index contributed by atoms with van der Waals surface area (Å²) in [6.45, 7) is 2.20. The lowest BCUT2D eigenvalue weighted by atomic mass is 10.1. The molecule has 0 amide bonds. The van der Waals surface area contributed by atoms with Gasteiger partial charge in [-0.3, -0.25) is 0 Å². The third-order valence-corrected chi connectivity index (χ3v) is 3.58. The molecule has 1 aromatic carbocycles. The highest BCUT2D eigenvalue weighted by molar-refractivity contribution is 6.32. The Labute approximate surface area is 108 Å². The molecule has 0 radical (unpaired) electrons. The van der Waals surface area contributed by atoms with Gasteiger partial charge in [-0.1, -0.05) is 31.4 Å². The van der Waals surface area contributed by atoms with Crippen LogP contribution >= 0.6 is 11.6 Å². The molecular weight excluding hydrogens is 232 g/mol. The van der Waals surface area contributed by atoms with Gasteiger partial charge in [0.1, 0.15) is 6.07 Å². The van der Waals surface area contributed by atoms with E-state index in [4.69, 9.17) is 16.9 Å². The van der Waals surface area contributed by atoms with Crippen molar-refractivity contribution in [3.8, 4) is 6.07 Å². The molecule has 1 aromatic rings. The zero-order valence-corrected chi connectivity index (χ0v) is 10.8. The molecule has 0 aromatic heterocycles. The lowest BCUT2D eigenvalue weighted by molar-refractivity contribution is 0.587. The first-order valence-corrected chi connectivity index (χ1v) is 6.57. The first-order valence-electron chi connectivity index (χ1n) is 6.19. The van der Waals surface area contributed by atoms with Crippen molar-refractivity contribution in [2.45, 2.75) is 38.6 Å². The van der Waals surface area contributed by atoms with Crippen LogP contribution in [0.5, 0.6) is 0 Å². The van der Waals surface area contributed by atoms with Crippen LogP contribution in [0.4, 0.5) is 5.69 Å². The van der Waals surface area contributed by atoms with Crippen LogP contribution in [-0.2, 0) is 0 Å². The molecule has 1 atom stereocenters. The van der Waals surface area contributed by atoms with E-state index in [9.17, 15) is 0 Å². The first kappa shape index (κ1) is 12.3. The number of benzene rings is 1. The van der Waals surface area contributed by atoms with Crippen LogP contribution < -0.4 is 5.32 Å². The minimum Gasteiger partial charge on any atom is -0.382 e. The van der Waals surface area contributed by atoms with Gasteiger partial charge in [0.2, 0.25) is 0 Å². The minimum atomic E-state index is 0.520. The standard InChI is InChI=1S/C14H17ClN2/c1-2-12(7-10-3-4-10)17-13-6-5-11(9-16)14(15)8-13/h5-6,8,10,12,17H,2-4,7H2,1H3. The highest BCUT2D eigenvalue weighted by Crippen LogP contribution is 2.35. The Morgan fingerprint density at radius 2 is 2.29 bits per heavy atom. The van der Waals surface area contributed by atoms with Crippen LogP contribution in [0.1, 0.15) is 38.2 Å². The Balaban J connectivity index is 2.01. The van der Waals surface area contributed by atoms with Gasteiger partial charge in [0.15, 0.2) is 0 Å². The number of halogens is 1. The molecule has 1 saturated carbocycles. The molecule has 1 fully saturated rings. The molecule has 2 rings (SSSR count). The van der Waals surface area contributed by atoms with Crippen molar-refractivity contribution < 1.29 is 0 Å². The molecule has 0 bridgehead atoms. The Morgan fingerprint density at radius 3 is 2.82 bits per heavy atom. The van der Waals surface area contributed by atoms with Crippen LogP contribution in [0, 0.1) is 17.2 Å². The lowest BCUT2D eigenvalue weighted by Crippen LogP contribution is -2.19. The van der Waals surface area contributed by atoms with Crippen molar-refractivity contribution in [3.05, 3.63) is 28.8 Å². The maximum absolute atomic E-state index is 8.81. The maximum Gasteiger partial charge on any atom is 0.101 e. The number of anilines is 1. The Kier molecular flexibility index (Phi) is 3.91. The van der Waals surface area contributed by atoms with E-state index in [1.165, 1.54) is 19.3 Å². The number of hydrogen-bond acceptors (Lipinski definition) is 2. The van der Waals surface area contributed by atoms with Crippen molar-refractivity contribution in [2.24, 2.45) is 5.92 Å².